The summed E-state index contributed by atoms with van der Waals surface area (Å²) >= 11 is 5.23. The number of nitrogens with zero attached hydrogens (tertiary/aromatic N) is 3. The molecule has 0 saturated carbocycles. The van der Waals surface area contributed by atoms with Gasteiger partial charge in [0.1, 0.15) is 5.71 Å². The average Bonchev–Trinajstić information content (AvgIpc) is 2.99. The summed E-state index contributed by atoms with van der Waals surface area (Å²) in [5.74, 6) is 0.657. The van der Waals surface area contributed by atoms with Crippen LogP contribution in [0.25, 0.3) is 11.2 Å². The first-order chi connectivity index (χ1) is 11.1. The number of aromatic amines is 1. The van der Waals surface area contributed by atoms with Gasteiger partial charge < -0.3 is 10.3 Å². The van der Waals surface area contributed by atoms with Gasteiger partial charge in [-0.15, -0.1) is 0 Å². The molecule has 2 heterocycles. The fourth-order valence-electron chi connectivity index (χ4n) is 2.00. The third-order valence-electron chi connectivity index (χ3n) is 3.23. The first kappa shape index (κ1) is 15.1. The van der Waals surface area contributed by atoms with E-state index in [4.69, 9.17) is 12.2 Å². The zero-order valence-electron chi connectivity index (χ0n) is 12.8. The maximum atomic E-state index is 5.23. The van der Waals surface area contributed by atoms with Gasteiger partial charge in [0.2, 0.25) is 0 Å². The molecule has 0 aliphatic carbocycles. The molecule has 7 heteroatoms. The van der Waals surface area contributed by atoms with E-state index in [-0.39, 0.29) is 0 Å². The SMILES string of the molecule is CC(=NNC(=S)Nc1ccc(C)cc1)c1nc2ncccc2[nH]1. The first-order valence-corrected chi connectivity index (χ1v) is 7.52. The number of thiocarbonyl (C=S) groups is 1. The van der Waals surface area contributed by atoms with Crippen molar-refractivity contribution in [1.29, 1.82) is 0 Å². The molecule has 3 rings (SSSR count). The molecule has 0 aliphatic heterocycles. The van der Waals surface area contributed by atoms with Crippen LogP contribution >= 0.6 is 12.2 Å². The van der Waals surface area contributed by atoms with Gasteiger partial charge in [0.05, 0.1) is 5.52 Å². The number of hydrazone groups is 1. The van der Waals surface area contributed by atoms with Crippen molar-refractivity contribution in [2.75, 3.05) is 5.32 Å². The van der Waals surface area contributed by atoms with Gasteiger partial charge in [-0.25, -0.2) is 9.97 Å². The standard InChI is InChI=1S/C16H16N6S/c1-10-5-7-12(8-6-10)18-16(23)22-21-11(2)14-19-13-4-3-9-17-15(13)20-14/h3-9H,1-2H3,(H,17,19,20)(H2,18,22,23). The summed E-state index contributed by atoms with van der Waals surface area (Å²) in [6, 6.07) is 11.7. The lowest BCUT2D eigenvalue weighted by molar-refractivity contribution is 1.03. The molecule has 0 saturated heterocycles. The van der Waals surface area contributed by atoms with Crippen molar-refractivity contribution in [2.24, 2.45) is 5.10 Å². The van der Waals surface area contributed by atoms with Crippen LogP contribution in [0.4, 0.5) is 5.69 Å². The van der Waals surface area contributed by atoms with E-state index < -0.39 is 0 Å². The van der Waals surface area contributed by atoms with E-state index in [9.17, 15) is 0 Å². The van der Waals surface area contributed by atoms with Crippen LogP contribution in [0.1, 0.15) is 18.3 Å². The van der Waals surface area contributed by atoms with Crippen LogP contribution in [0.5, 0.6) is 0 Å². The number of benzene rings is 1. The molecule has 0 fully saturated rings. The molecule has 3 N–H and O–H groups in total. The van der Waals surface area contributed by atoms with Crippen LogP contribution in [0.15, 0.2) is 47.7 Å². The normalized spacial score (nSPS) is 11.5. The van der Waals surface area contributed by atoms with Crippen molar-refractivity contribution in [3.05, 3.63) is 54.0 Å². The second-order valence-electron chi connectivity index (χ2n) is 5.09. The maximum Gasteiger partial charge on any atom is 0.191 e. The third kappa shape index (κ3) is 3.70. The van der Waals surface area contributed by atoms with Crippen molar-refractivity contribution in [2.45, 2.75) is 13.8 Å². The van der Waals surface area contributed by atoms with Gasteiger partial charge in [0.15, 0.2) is 16.6 Å². The van der Waals surface area contributed by atoms with Crippen LogP contribution in [0.3, 0.4) is 0 Å². The Labute approximate surface area is 139 Å². The Kier molecular flexibility index (Phi) is 4.29. The largest absolute Gasteiger partial charge is 0.336 e. The average molecular weight is 324 g/mol. The number of hydrogen-bond acceptors (Lipinski definition) is 4. The smallest absolute Gasteiger partial charge is 0.191 e. The van der Waals surface area contributed by atoms with Gasteiger partial charge in [-0.3, -0.25) is 5.43 Å². The summed E-state index contributed by atoms with van der Waals surface area (Å²) < 4.78 is 0. The highest BCUT2D eigenvalue weighted by Gasteiger charge is 2.06. The van der Waals surface area contributed by atoms with Crippen molar-refractivity contribution in [3.8, 4) is 0 Å². The number of anilines is 1. The summed E-state index contributed by atoms with van der Waals surface area (Å²) in [5, 5.41) is 7.74. The molecule has 1 aromatic carbocycles. The fourth-order valence-corrected chi connectivity index (χ4v) is 2.16. The Morgan fingerprint density at radius 1 is 1.22 bits per heavy atom. The lowest BCUT2D eigenvalue weighted by Crippen LogP contribution is -2.25. The summed E-state index contributed by atoms with van der Waals surface area (Å²) in [7, 11) is 0. The Balaban J connectivity index is 1.66. The van der Waals surface area contributed by atoms with Crippen molar-refractivity contribution in [1.82, 2.24) is 20.4 Å². The molecule has 2 aromatic heterocycles. The zero-order chi connectivity index (χ0) is 16.2. The summed E-state index contributed by atoms with van der Waals surface area (Å²) in [5.41, 5.74) is 7.15. The van der Waals surface area contributed by atoms with Gasteiger partial charge in [0.25, 0.3) is 0 Å². The number of aryl methyl sites for hydroxylation is 1. The minimum atomic E-state index is 0.419. The molecule has 116 valence electrons. The quantitative estimate of drug-likeness (QED) is 0.392. The molecule has 0 atom stereocenters. The van der Waals surface area contributed by atoms with Gasteiger partial charge in [-0.2, -0.15) is 5.10 Å². The Hall–Kier alpha value is -2.80. The third-order valence-corrected chi connectivity index (χ3v) is 3.43. The van der Waals surface area contributed by atoms with Crippen molar-refractivity contribution < 1.29 is 0 Å². The molecule has 0 radical (unpaired) electrons. The number of imidazole rings is 1. The second kappa shape index (κ2) is 6.53. The van der Waals surface area contributed by atoms with E-state index in [0.29, 0.717) is 22.3 Å². The van der Waals surface area contributed by atoms with Crippen molar-refractivity contribution >= 4 is 39.9 Å². The van der Waals surface area contributed by atoms with Crippen LogP contribution in [-0.4, -0.2) is 25.8 Å². The molecule has 0 aliphatic rings. The first-order valence-electron chi connectivity index (χ1n) is 7.11. The number of hydrogen-bond donors (Lipinski definition) is 3. The van der Waals surface area contributed by atoms with Crippen molar-refractivity contribution in [3.63, 3.8) is 0 Å². The highest BCUT2D eigenvalue weighted by Crippen LogP contribution is 2.09. The van der Waals surface area contributed by atoms with Crippen LogP contribution in [-0.2, 0) is 0 Å². The van der Waals surface area contributed by atoms with E-state index >= 15 is 0 Å². The number of fused-ring (bicyclic) bond motifs is 1. The topological polar surface area (TPSA) is 78.0 Å². The zero-order valence-corrected chi connectivity index (χ0v) is 13.6. The molecule has 0 spiro atoms. The van der Waals surface area contributed by atoms with E-state index in [2.05, 4.69) is 30.8 Å². The maximum absolute atomic E-state index is 5.23. The molecule has 0 unspecified atom stereocenters. The van der Waals surface area contributed by atoms with Crippen LogP contribution in [0.2, 0.25) is 0 Å². The predicted molar refractivity (Wildman–Crippen MR) is 96.6 cm³/mol. The van der Waals surface area contributed by atoms with Crippen LogP contribution < -0.4 is 10.7 Å². The van der Waals surface area contributed by atoms with Gasteiger partial charge in [-0.05, 0) is 50.3 Å². The van der Waals surface area contributed by atoms with Crippen LogP contribution in [0, 0.1) is 6.92 Å². The van der Waals surface area contributed by atoms with Gasteiger partial charge in [-0.1, -0.05) is 17.7 Å². The van der Waals surface area contributed by atoms with Gasteiger partial charge >= 0.3 is 0 Å². The molecular weight excluding hydrogens is 308 g/mol. The Bertz CT molecular complexity index is 833. The number of pyridine rings is 1. The number of H-pyrrole nitrogens is 1. The minimum Gasteiger partial charge on any atom is -0.336 e. The van der Waals surface area contributed by atoms with E-state index in [1.165, 1.54) is 5.56 Å². The highest BCUT2D eigenvalue weighted by molar-refractivity contribution is 7.80. The number of rotatable bonds is 3. The molecule has 6 nitrogen and oxygen atoms in total. The number of aromatic nitrogens is 3. The molecule has 0 amide bonds. The monoisotopic (exact) mass is 324 g/mol. The minimum absolute atomic E-state index is 0.419. The highest BCUT2D eigenvalue weighted by atomic mass is 32.1. The lowest BCUT2D eigenvalue weighted by atomic mass is 10.2. The summed E-state index contributed by atoms with van der Waals surface area (Å²) in [4.78, 5) is 11.7. The second-order valence-corrected chi connectivity index (χ2v) is 5.50. The molecular formula is C16H16N6S. The lowest BCUT2D eigenvalue weighted by Gasteiger charge is -2.07. The van der Waals surface area contributed by atoms with E-state index in [1.54, 1.807) is 6.20 Å². The molecule has 3 aromatic rings. The van der Waals surface area contributed by atoms with E-state index in [1.807, 2.05) is 50.2 Å². The summed E-state index contributed by atoms with van der Waals surface area (Å²) in [6.07, 6.45) is 1.71. The molecule has 23 heavy (non-hydrogen) atoms. The fraction of sp³-hybridized carbons (Fsp3) is 0.125. The Morgan fingerprint density at radius 2 is 2.00 bits per heavy atom. The van der Waals surface area contributed by atoms with E-state index in [0.717, 1.165) is 11.2 Å². The molecule has 0 bridgehead atoms. The number of nitrogens with one attached hydrogen (secondary N) is 3. The van der Waals surface area contributed by atoms with Gasteiger partial charge in [0, 0.05) is 11.9 Å². The predicted octanol–water partition coefficient (Wildman–Crippen LogP) is 2.98. The summed E-state index contributed by atoms with van der Waals surface area (Å²) in [6.45, 7) is 3.88. The Morgan fingerprint density at radius 3 is 2.74 bits per heavy atom.